The molecular weight excluding hydrogens is 236 g/mol. The summed E-state index contributed by atoms with van der Waals surface area (Å²) in [5.74, 6) is -0.583. The highest BCUT2D eigenvalue weighted by Gasteiger charge is 2.34. The van der Waals surface area contributed by atoms with Gasteiger partial charge in [-0.1, -0.05) is 0 Å². The molecule has 0 saturated carbocycles. The number of hydrogen-bond acceptors (Lipinski definition) is 3. The quantitative estimate of drug-likeness (QED) is 0.778. The Bertz CT molecular complexity index is 334. The van der Waals surface area contributed by atoms with Crippen molar-refractivity contribution in [2.75, 3.05) is 19.7 Å². The summed E-state index contributed by atoms with van der Waals surface area (Å²) in [7, 11) is 0. The summed E-state index contributed by atoms with van der Waals surface area (Å²) < 4.78 is 5.42. The summed E-state index contributed by atoms with van der Waals surface area (Å²) >= 11 is 0. The first-order chi connectivity index (χ1) is 8.59. The van der Waals surface area contributed by atoms with Crippen molar-refractivity contribution in [1.82, 2.24) is 10.2 Å². The smallest absolute Gasteiger partial charge is 0.326 e. The van der Waals surface area contributed by atoms with E-state index in [0.29, 0.717) is 25.4 Å². The second-order valence-corrected chi connectivity index (χ2v) is 5.00. The van der Waals surface area contributed by atoms with E-state index in [-0.39, 0.29) is 12.1 Å². The summed E-state index contributed by atoms with van der Waals surface area (Å²) in [6.45, 7) is 3.82. The van der Waals surface area contributed by atoms with Gasteiger partial charge in [-0.3, -0.25) is 0 Å². The van der Waals surface area contributed by atoms with E-state index >= 15 is 0 Å². The molecule has 0 bridgehead atoms. The number of carboxylic acid groups (broad SMARTS) is 1. The first-order valence-electron chi connectivity index (χ1n) is 6.48. The van der Waals surface area contributed by atoms with E-state index in [1.165, 1.54) is 4.90 Å². The fourth-order valence-electron chi connectivity index (χ4n) is 2.63. The fraction of sp³-hybridized carbons (Fsp3) is 0.833. The number of amides is 2. The first-order valence-corrected chi connectivity index (χ1v) is 6.48. The minimum Gasteiger partial charge on any atom is -0.480 e. The molecule has 0 aromatic heterocycles. The SMILES string of the molecule is CC1OCCC1CNC(=O)N1CCCC1C(=O)O. The fourth-order valence-corrected chi connectivity index (χ4v) is 2.63. The monoisotopic (exact) mass is 256 g/mol. The third-order valence-electron chi connectivity index (χ3n) is 3.85. The highest BCUT2D eigenvalue weighted by atomic mass is 16.5. The largest absolute Gasteiger partial charge is 0.480 e. The predicted octanol–water partition coefficient (Wildman–Crippen LogP) is 0.670. The molecule has 2 aliphatic heterocycles. The lowest BCUT2D eigenvalue weighted by Gasteiger charge is -2.23. The van der Waals surface area contributed by atoms with E-state index in [1.807, 2.05) is 6.92 Å². The van der Waals surface area contributed by atoms with Gasteiger partial charge in [-0.25, -0.2) is 9.59 Å². The molecule has 0 radical (unpaired) electrons. The Kier molecular flexibility index (Phi) is 4.06. The molecule has 6 nitrogen and oxygen atoms in total. The standard InChI is InChI=1S/C12H20N2O4/c1-8-9(4-6-18-8)7-13-12(17)14-5-2-3-10(14)11(15)16/h8-10H,2-7H2,1H3,(H,13,17)(H,15,16). The van der Waals surface area contributed by atoms with Gasteiger partial charge in [0.2, 0.25) is 0 Å². The zero-order valence-corrected chi connectivity index (χ0v) is 10.6. The molecule has 0 aromatic rings. The van der Waals surface area contributed by atoms with Crippen LogP contribution >= 0.6 is 0 Å². The Balaban J connectivity index is 1.82. The maximum Gasteiger partial charge on any atom is 0.326 e. The van der Waals surface area contributed by atoms with Crippen LogP contribution in [0.2, 0.25) is 0 Å². The van der Waals surface area contributed by atoms with Gasteiger partial charge in [-0.2, -0.15) is 0 Å². The van der Waals surface area contributed by atoms with Crippen LogP contribution in [0.5, 0.6) is 0 Å². The maximum absolute atomic E-state index is 11.9. The Morgan fingerprint density at radius 3 is 2.83 bits per heavy atom. The zero-order valence-electron chi connectivity index (χ0n) is 10.6. The Morgan fingerprint density at radius 2 is 2.22 bits per heavy atom. The average Bonchev–Trinajstić information content (AvgIpc) is 2.94. The lowest BCUT2D eigenvalue weighted by molar-refractivity contribution is -0.141. The summed E-state index contributed by atoms with van der Waals surface area (Å²) in [5.41, 5.74) is 0. The minimum absolute atomic E-state index is 0.166. The van der Waals surface area contributed by atoms with Crippen LogP contribution in [0.3, 0.4) is 0 Å². The third-order valence-corrected chi connectivity index (χ3v) is 3.85. The molecular formula is C12H20N2O4. The molecule has 0 spiro atoms. The number of aliphatic carboxylic acids is 1. The van der Waals surface area contributed by atoms with E-state index in [2.05, 4.69) is 5.32 Å². The third kappa shape index (κ3) is 2.75. The molecule has 3 unspecified atom stereocenters. The number of carboxylic acids is 1. The van der Waals surface area contributed by atoms with Gasteiger partial charge in [-0.15, -0.1) is 0 Å². The number of nitrogens with one attached hydrogen (secondary N) is 1. The number of likely N-dealkylation sites (tertiary alicyclic amines) is 1. The minimum atomic E-state index is -0.916. The molecule has 2 rings (SSSR count). The molecule has 3 atom stereocenters. The maximum atomic E-state index is 11.9. The van der Waals surface area contributed by atoms with Crippen LogP contribution in [0.15, 0.2) is 0 Å². The normalized spacial score (nSPS) is 31.6. The van der Waals surface area contributed by atoms with E-state index in [0.717, 1.165) is 19.4 Å². The van der Waals surface area contributed by atoms with Crippen LogP contribution in [0, 0.1) is 5.92 Å². The van der Waals surface area contributed by atoms with Crippen molar-refractivity contribution < 1.29 is 19.4 Å². The molecule has 2 amide bonds. The van der Waals surface area contributed by atoms with Gasteiger partial charge in [0, 0.05) is 25.6 Å². The van der Waals surface area contributed by atoms with Gasteiger partial charge in [0.15, 0.2) is 0 Å². The Morgan fingerprint density at radius 1 is 1.44 bits per heavy atom. The van der Waals surface area contributed by atoms with E-state index < -0.39 is 12.0 Å². The second-order valence-electron chi connectivity index (χ2n) is 5.00. The van der Waals surface area contributed by atoms with E-state index in [9.17, 15) is 9.59 Å². The average molecular weight is 256 g/mol. The number of urea groups is 1. The second kappa shape index (κ2) is 5.56. The first kappa shape index (κ1) is 13.1. The topological polar surface area (TPSA) is 78.9 Å². The number of nitrogens with zero attached hydrogens (tertiary/aromatic N) is 1. The van der Waals surface area contributed by atoms with Gasteiger partial charge >= 0.3 is 12.0 Å². The Hall–Kier alpha value is -1.30. The number of carbonyl (C=O) groups excluding carboxylic acids is 1. The molecule has 18 heavy (non-hydrogen) atoms. The molecule has 2 fully saturated rings. The van der Waals surface area contributed by atoms with Crippen LogP contribution in [-0.2, 0) is 9.53 Å². The van der Waals surface area contributed by atoms with Crippen molar-refractivity contribution in [3.05, 3.63) is 0 Å². The molecule has 2 N–H and O–H groups in total. The molecule has 6 heteroatoms. The zero-order chi connectivity index (χ0) is 13.1. The van der Waals surface area contributed by atoms with Gasteiger partial charge in [0.1, 0.15) is 6.04 Å². The van der Waals surface area contributed by atoms with Crippen molar-refractivity contribution in [3.63, 3.8) is 0 Å². The van der Waals surface area contributed by atoms with Crippen LogP contribution in [0.4, 0.5) is 4.79 Å². The molecule has 2 heterocycles. The lowest BCUT2D eigenvalue weighted by atomic mass is 10.0. The predicted molar refractivity (Wildman–Crippen MR) is 64.3 cm³/mol. The van der Waals surface area contributed by atoms with Crippen LogP contribution in [-0.4, -0.2) is 53.8 Å². The summed E-state index contributed by atoms with van der Waals surface area (Å²) in [6, 6.07) is -0.929. The van der Waals surface area contributed by atoms with Gasteiger partial charge in [0.05, 0.1) is 6.10 Å². The molecule has 102 valence electrons. The molecule has 2 saturated heterocycles. The van der Waals surface area contributed by atoms with Crippen molar-refractivity contribution in [3.8, 4) is 0 Å². The molecule has 0 aliphatic carbocycles. The molecule has 0 aromatic carbocycles. The van der Waals surface area contributed by atoms with Crippen LogP contribution < -0.4 is 5.32 Å². The van der Waals surface area contributed by atoms with Crippen LogP contribution in [0.1, 0.15) is 26.2 Å². The molecule has 2 aliphatic rings. The number of hydrogen-bond donors (Lipinski definition) is 2. The van der Waals surface area contributed by atoms with Crippen molar-refractivity contribution in [1.29, 1.82) is 0 Å². The van der Waals surface area contributed by atoms with Gasteiger partial charge in [-0.05, 0) is 26.2 Å². The Labute approximate surface area is 106 Å². The van der Waals surface area contributed by atoms with Crippen molar-refractivity contribution in [2.45, 2.75) is 38.3 Å². The van der Waals surface area contributed by atoms with Gasteiger partial charge in [0.25, 0.3) is 0 Å². The number of ether oxygens (including phenoxy) is 1. The number of rotatable bonds is 3. The van der Waals surface area contributed by atoms with Crippen LogP contribution in [0.25, 0.3) is 0 Å². The highest BCUT2D eigenvalue weighted by Crippen LogP contribution is 2.20. The summed E-state index contributed by atoms with van der Waals surface area (Å²) in [6.07, 6.45) is 2.42. The number of carbonyl (C=O) groups is 2. The summed E-state index contributed by atoms with van der Waals surface area (Å²) in [5, 5.41) is 11.8. The highest BCUT2D eigenvalue weighted by molar-refractivity contribution is 5.83. The lowest BCUT2D eigenvalue weighted by Crippen LogP contribution is -2.47. The van der Waals surface area contributed by atoms with E-state index in [4.69, 9.17) is 9.84 Å². The van der Waals surface area contributed by atoms with E-state index in [1.54, 1.807) is 0 Å². The van der Waals surface area contributed by atoms with Crippen molar-refractivity contribution >= 4 is 12.0 Å². The summed E-state index contributed by atoms with van der Waals surface area (Å²) in [4.78, 5) is 24.3. The van der Waals surface area contributed by atoms with Gasteiger partial charge < -0.3 is 20.1 Å². The van der Waals surface area contributed by atoms with Crippen molar-refractivity contribution in [2.24, 2.45) is 5.92 Å².